The maximum absolute atomic E-state index is 12.0. The molecule has 1 N–H and O–H groups in total. The lowest BCUT2D eigenvalue weighted by molar-refractivity contribution is 0.0987. The Labute approximate surface area is 301 Å². The van der Waals surface area contributed by atoms with Gasteiger partial charge in [-0.3, -0.25) is 9.59 Å². The maximum atomic E-state index is 12.0. The van der Waals surface area contributed by atoms with E-state index in [0.717, 1.165) is 43.6 Å². The number of carbonyl (C=O) groups is 2. The van der Waals surface area contributed by atoms with E-state index < -0.39 is 0 Å². The van der Waals surface area contributed by atoms with E-state index in [4.69, 9.17) is 9.94 Å². The number of ketones is 2. The van der Waals surface area contributed by atoms with Crippen LogP contribution in [0.1, 0.15) is 96.3 Å². The van der Waals surface area contributed by atoms with Crippen molar-refractivity contribution < 1.29 is 24.4 Å². The van der Waals surface area contributed by atoms with Gasteiger partial charge >= 0.3 is 0 Å². The lowest BCUT2D eigenvalue weighted by atomic mass is 10.0. The Balaban J connectivity index is 0.000000199. The molecule has 0 spiro atoms. The van der Waals surface area contributed by atoms with Gasteiger partial charge in [-0.05, 0) is 102 Å². The number of oxime groups is 1. The average molecular weight is 699 g/mol. The van der Waals surface area contributed by atoms with Crippen molar-refractivity contribution in [2.75, 3.05) is 19.8 Å². The molecular formula is C41H47ClN2O6. The molecule has 2 aliphatic carbocycles. The van der Waals surface area contributed by atoms with Gasteiger partial charge in [-0.2, -0.15) is 0 Å². The van der Waals surface area contributed by atoms with Gasteiger partial charge in [0.1, 0.15) is 12.3 Å². The standard InChI is InChI=1S/C16H13NO2.C16H14O.C5H11NO2.C4H8O.ClH/c1-10(17-19)16(18)12-6-7-15-13(9-12)8-11-4-2-3-5-14(11)15;1-2-16(17)12-7-8-15-13(10-12)9-11-5-3-4-6-14(11)15;1-5(2)3-4-8-6-7;1-2-4-5-3-1;/h2-7,9,19H,8H2,1H3;3-8,10H,2,9H2,1H3;5H,3-4H2,1-2H3;1-4H2;1H/b17-10-;;;;. The molecule has 0 unspecified atom stereocenters. The van der Waals surface area contributed by atoms with Crippen molar-refractivity contribution in [1.82, 2.24) is 0 Å². The highest BCUT2D eigenvalue weighted by molar-refractivity contribution is 6.45. The lowest BCUT2D eigenvalue weighted by Crippen LogP contribution is -2.10. The molecule has 4 aromatic rings. The summed E-state index contributed by atoms with van der Waals surface area (Å²) in [7, 11) is 0. The van der Waals surface area contributed by atoms with Crippen LogP contribution in [0.25, 0.3) is 22.3 Å². The quantitative estimate of drug-likeness (QED) is 0.0422. The van der Waals surface area contributed by atoms with Gasteiger partial charge in [0.15, 0.2) is 11.1 Å². The first-order chi connectivity index (χ1) is 23.8. The molecule has 1 heterocycles. The van der Waals surface area contributed by atoms with Crippen molar-refractivity contribution in [1.29, 1.82) is 0 Å². The second kappa shape index (κ2) is 20.1. The number of rotatable bonds is 8. The van der Waals surface area contributed by atoms with E-state index in [2.05, 4.69) is 77.7 Å². The van der Waals surface area contributed by atoms with Crippen LogP contribution in [0.5, 0.6) is 0 Å². The van der Waals surface area contributed by atoms with Gasteiger partial charge in [-0.1, -0.05) is 98.7 Å². The van der Waals surface area contributed by atoms with E-state index in [1.54, 1.807) is 6.07 Å². The zero-order valence-corrected chi connectivity index (χ0v) is 30.1. The zero-order chi connectivity index (χ0) is 35.2. The van der Waals surface area contributed by atoms with E-state index in [0.29, 0.717) is 24.5 Å². The molecule has 1 saturated heterocycles. The lowest BCUT2D eigenvalue weighted by Gasteiger charge is -2.04. The molecule has 0 radical (unpaired) electrons. The summed E-state index contributed by atoms with van der Waals surface area (Å²) in [6.45, 7) is 9.98. The minimum absolute atomic E-state index is 0. The van der Waals surface area contributed by atoms with E-state index in [-0.39, 0.29) is 29.7 Å². The van der Waals surface area contributed by atoms with Crippen molar-refractivity contribution in [2.45, 2.75) is 66.2 Å². The average Bonchev–Trinajstić information content (AvgIpc) is 3.91. The number of hydrogen-bond acceptors (Lipinski definition) is 8. The molecule has 1 aliphatic heterocycles. The predicted molar refractivity (Wildman–Crippen MR) is 202 cm³/mol. The first-order valence-corrected chi connectivity index (χ1v) is 17.0. The molecule has 0 amide bonds. The minimum atomic E-state index is -0.235. The van der Waals surface area contributed by atoms with Crippen molar-refractivity contribution in [2.24, 2.45) is 16.4 Å². The molecule has 0 atom stereocenters. The molecule has 3 aliphatic rings. The largest absolute Gasteiger partial charge is 0.411 e. The number of halogens is 1. The van der Waals surface area contributed by atoms with Gasteiger partial charge < -0.3 is 14.8 Å². The molecule has 50 heavy (non-hydrogen) atoms. The van der Waals surface area contributed by atoms with Gasteiger partial charge in [0, 0.05) is 30.8 Å². The minimum Gasteiger partial charge on any atom is -0.411 e. The molecular weight excluding hydrogens is 652 g/mol. The number of fused-ring (bicyclic) bond motifs is 6. The number of hydrogen-bond donors (Lipinski definition) is 1. The summed E-state index contributed by atoms with van der Waals surface area (Å²) in [5.41, 5.74) is 11.6. The van der Waals surface area contributed by atoms with Gasteiger partial charge in [0.2, 0.25) is 5.78 Å². The highest BCUT2D eigenvalue weighted by Crippen LogP contribution is 2.38. The van der Waals surface area contributed by atoms with Crippen LogP contribution in [-0.2, 0) is 22.4 Å². The number of Topliss-reactive ketones (excluding diaryl/α,β-unsaturated/α-hetero) is 2. The zero-order valence-electron chi connectivity index (χ0n) is 29.3. The van der Waals surface area contributed by atoms with E-state index in [9.17, 15) is 14.5 Å². The smallest absolute Gasteiger partial charge is 0.210 e. The topological polar surface area (TPSA) is 115 Å². The van der Waals surface area contributed by atoms with E-state index in [1.165, 1.54) is 58.7 Å². The van der Waals surface area contributed by atoms with Crippen molar-refractivity contribution >= 4 is 29.7 Å². The first-order valence-electron chi connectivity index (χ1n) is 17.0. The Morgan fingerprint density at radius 1 is 0.780 bits per heavy atom. The number of benzene rings is 4. The number of ether oxygens (including phenoxy) is 1. The molecule has 8 nitrogen and oxygen atoms in total. The van der Waals surface area contributed by atoms with E-state index >= 15 is 0 Å². The third-order valence-corrected chi connectivity index (χ3v) is 8.64. The Morgan fingerprint density at radius 3 is 1.74 bits per heavy atom. The SMILES string of the molecule is C/C(=N/O)C(=O)c1ccc2c(c1)Cc1ccccc1-2.C1CCOC1.CC(C)CCON=O.CCC(=O)c1ccc2c(c1)Cc1ccccc1-2.Cl. The van der Waals surface area contributed by atoms with Crippen LogP contribution in [0.2, 0.25) is 0 Å². The fraction of sp³-hybridized carbons (Fsp3) is 0.341. The van der Waals surface area contributed by atoms with Crippen LogP contribution < -0.4 is 0 Å². The fourth-order valence-electron chi connectivity index (χ4n) is 5.90. The van der Waals surface area contributed by atoms with Crippen molar-refractivity contribution in [3.63, 3.8) is 0 Å². The summed E-state index contributed by atoms with van der Waals surface area (Å²) in [5, 5.41) is 13.9. The van der Waals surface area contributed by atoms with Crippen molar-refractivity contribution in [3.8, 4) is 22.3 Å². The van der Waals surface area contributed by atoms with Crippen LogP contribution in [0.3, 0.4) is 0 Å². The Hall–Kier alpha value is -4.66. The Kier molecular flexibility index (Phi) is 16.0. The first kappa shape index (κ1) is 39.8. The molecule has 0 bridgehead atoms. The molecule has 4 aromatic carbocycles. The fourth-order valence-corrected chi connectivity index (χ4v) is 5.90. The summed E-state index contributed by atoms with van der Waals surface area (Å²) < 4.78 is 4.94. The predicted octanol–water partition coefficient (Wildman–Crippen LogP) is 10.1. The molecule has 0 aromatic heterocycles. The van der Waals surface area contributed by atoms with Gasteiger partial charge in [-0.15, -0.1) is 17.3 Å². The molecule has 1 fully saturated rings. The van der Waals surface area contributed by atoms with Crippen LogP contribution in [0, 0.1) is 10.8 Å². The van der Waals surface area contributed by atoms with Gasteiger partial charge in [0.25, 0.3) is 0 Å². The number of carbonyl (C=O) groups excluding carboxylic acids is 2. The van der Waals surface area contributed by atoms with Crippen molar-refractivity contribution in [3.05, 3.63) is 123 Å². The summed E-state index contributed by atoms with van der Waals surface area (Å²) >= 11 is 0. The molecule has 7 rings (SSSR count). The van der Waals surface area contributed by atoms with Crippen LogP contribution >= 0.6 is 12.4 Å². The third kappa shape index (κ3) is 10.7. The van der Waals surface area contributed by atoms with Gasteiger partial charge in [-0.25, -0.2) is 0 Å². The highest BCUT2D eigenvalue weighted by atomic mass is 35.5. The van der Waals surface area contributed by atoms with E-state index in [1.807, 2.05) is 37.3 Å². The molecule has 0 saturated carbocycles. The number of nitrogens with zero attached hydrogens (tertiary/aromatic N) is 2. The summed E-state index contributed by atoms with van der Waals surface area (Å²) in [6, 6.07) is 28.5. The third-order valence-electron chi connectivity index (χ3n) is 8.64. The molecule has 9 heteroatoms. The van der Waals surface area contributed by atoms with Crippen LogP contribution in [-0.4, -0.2) is 42.3 Å². The highest BCUT2D eigenvalue weighted by Gasteiger charge is 2.21. The monoisotopic (exact) mass is 698 g/mol. The van der Waals surface area contributed by atoms with Crippen LogP contribution in [0.4, 0.5) is 0 Å². The summed E-state index contributed by atoms with van der Waals surface area (Å²) in [6.07, 6.45) is 5.83. The van der Waals surface area contributed by atoms with Gasteiger partial charge in [0.05, 0.1) is 0 Å². The maximum Gasteiger partial charge on any atom is 0.210 e. The van der Waals surface area contributed by atoms with Crippen LogP contribution in [0.15, 0.2) is 95.4 Å². The summed E-state index contributed by atoms with van der Waals surface area (Å²) in [4.78, 5) is 37.2. The Morgan fingerprint density at radius 2 is 1.28 bits per heavy atom. The second-order valence-electron chi connectivity index (χ2n) is 12.6. The summed E-state index contributed by atoms with van der Waals surface area (Å²) in [5.74, 6) is 0.571. The Bertz CT molecular complexity index is 1770. The second-order valence-corrected chi connectivity index (χ2v) is 12.6. The normalized spacial score (nSPS) is 12.9. The molecule has 264 valence electrons.